The highest BCUT2D eigenvalue weighted by Gasteiger charge is 2.10. The molecule has 5 nitrogen and oxygen atoms in total. The van der Waals surface area contributed by atoms with Gasteiger partial charge in [-0.3, -0.25) is 4.79 Å². The van der Waals surface area contributed by atoms with Crippen molar-refractivity contribution in [3.63, 3.8) is 0 Å². The molecule has 3 aromatic carbocycles. The summed E-state index contributed by atoms with van der Waals surface area (Å²) in [5.74, 6) is 1.43. The Labute approximate surface area is 189 Å². The zero-order chi connectivity index (χ0) is 21.6. The number of aryl methyl sites for hydroxylation is 1. The van der Waals surface area contributed by atoms with Crippen LogP contribution < -0.4 is 10.3 Å². The Hall–Kier alpha value is -3.25. The van der Waals surface area contributed by atoms with E-state index in [1.165, 1.54) is 4.68 Å². The van der Waals surface area contributed by atoms with Crippen LogP contribution in [0.5, 0.6) is 5.75 Å². The van der Waals surface area contributed by atoms with E-state index >= 15 is 0 Å². The number of nitrogens with zero attached hydrogens (tertiary/aromatic N) is 3. The highest BCUT2D eigenvalue weighted by atomic mass is 79.9. The van der Waals surface area contributed by atoms with Crippen molar-refractivity contribution >= 4 is 33.0 Å². The van der Waals surface area contributed by atoms with Crippen molar-refractivity contribution in [1.29, 1.82) is 0 Å². The molecule has 0 aliphatic heterocycles. The Balaban J connectivity index is 1.56. The first-order chi connectivity index (χ1) is 15.1. The van der Waals surface area contributed by atoms with Crippen LogP contribution in [0, 0.1) is 0 Å². The molecule has 4 aromatic rings. The van der Waals surface area contributed by atoms with E-state index in [1.54, 1.807) is 12.3 Å². The third kappa shape index (κ3) is 5.09. The van der Waals surface area contributed by atoms with Gasteiger partial charge < -0.3 is 4.74 Å². The van der Waals surface area contributed by atoms with Crippen LogP contribution in [0.3, 0.4) is 0 Å². The Kier molecular flexibility index (Phi) is 6.57. The molecule has 1 heterocycles. The number of aromatic nitrogens is 2. The molecule has 0 aliphatic rings. The van der Waals surface area contributed by atoms with Gasteiger partial charge in [0.2, 0.25) is 0 Å². The Morgan fingerprint density at radius 2 is 1.84 bits per heavy atom. The average Bonchev–Trinajstić information content (AvgIpc) is 2.80. The standard InChI is InChI=1S/C25H22BrN3O2/c1-2-6-24-28-23-14-11-20(26)15-22(23)25(30)29(24)27-16-18-9-12-21(13-10-18)31-17-19-7-4-3-5-8-19/h3-5,7-16H,2,6,17H2,1H3. The van der Waals surface area contributed by atoms with Gasteiger partial charge in [-0.1, -0.05) is 53.2 Å². The van der Waals surface area contributed by atoms with Crippen LogP contribution in [-0.2, 0) is 13.0 Å². The van der Waals surface area contributed by atoms with Crippen molar-refractivity contribution < 1.29 is 4.74 Å². The fourth-order valence-corrected chi connectivity index (χ4v) is 3.58. The second-order valence-electron chi connectivity index (χ2n) is 7.14. The molecule has 0 N–H and O–H groups in total. The van der Waals surface area contributed by atoms with E-state index in [0.29, 0.717) is 29.8 Å². The summed E-state index contributed by atoms with van der Waals surface area (Å²) in [4.78, 5) is 17.7. The number of hydrogen-bond donors (Lipinski definition) is 0. The summed E-state index contributed by atoms with van der Waals surface area (Å²) >= 11 is 3.42. The largest absolute Gasteiger partial charge is 0.489 e. The van der Waals surface area contributed by atoms with Crippen molar-refractivity contribution in [3.8, 4) is 5.75 Å². The molecule has 4 rings (SSSR count). The van der Waals surface area contributed by atoms with E-state index in [0.717, 1.165) is 27.8 Å². The van der Waals surface area contributed by atoms with Gasteiger partial charge in [-0.25, -0.2) is 4.98 Å². The lowest BCUT2D eigenvalue weighted by molar-refractivity contribution is 0.306. The first-order valence-corrected chi connectivity index (χ1v) is 11.0. The van der Waals surface area contributed by atoms with Crippen molar-refractivity contribution in [1.82, 2.24) is 9.66 Å². The van der Waals surface area contributed by atoms with Crippen molar-refractivity contribution in [2.75, 3.05) is 0 Å². The molecule has 0 aliphatic carbocycles. The summed E-state index contributed by atoms with van der Waals surface area (Å²) in [6.07, 6.45) is 3.22. The molecule has 0 atom stereocenters. The van der Waals surface area contributed by atoms with Gasteiger partial charge in [-0.15, -0.1) is 0 Å². The van der Waals surface area contributed by atoms with Crippen LogP contribution in [0.15, 0.2) is 87.2 Å². The maximum Gasteiger partial charge on any atom is 0.282 e. The van der Waals surface area contributed by atoms with Gasteiger partial charge in [0, 0.05) is 10.9 Å². The van der Waals surface area contributed by atoms with Crippen LogP contribution in [-0.4, -0.2) is 15.9 Å². The lowest BCUT2D eigenvalue weighted by Crippen LogP contribution is -2.22. The third-order valence-corrected chi connectivity index (χ3v) is 5.29. The molecular formula is C25H22BrN3O2. The molecule has 0 radical (unpaired) electrons. The maximum atomic E-state index is 13.0. The molecule has 0 saturated heterocycles. The average molecular weight is 476 g/mol. The van der Waals surface area contributed by atoms with Gasteiger partial charge in [-0.05, 0) is 60.0 Å². The van der Waals surface area contributed by atoms with Gasteiger partial charge in [0.05, 0.1) is 17.1 Å². The number of halogens is 1. The van der Waals surface area contributed by atoms with E-state index < -0.39 is 0 Å². The van der Waals surface area contributed by atoms with E-state index in [9.17, 15) is 4.79 Å². The minimum absolute atomic E-state index is 0.172. The quantitative estimate of drug-likeness (QED) is 0.328. The van der Waals surface area contributed by atoms with Crippen LogP contribution in [0.4, 0.5) is 0 Å². The topological polar surface area (TPSA) is 56.5 Å². The summed E-state index contributed by atoms with van der Waals surface area (Å²) in [5.41, 5.74) is 2.50. The summed E-state index contributed by atoms with van der Waals surface area (Å²) in [6, 6.07) is 23.2. The fraction of sp³-hybridized carbons (Fsp3) is 0.160. The molecule has 0 unspecified atom stereocenters. The lowest BCUT2D eigenvalue weighted by atomic mass is 10.2. The van der Waals surface area contributed by atoms with Gasteiger partial charge in [-0.2, -0.15) is 9.78 Å². The minimum Gasteiger partial charge on any atom is -0.489 e. The van der Waals surface area contributed by atoms with Crippen molar-refractivity contribution in [2.24, 2.45) is 5.10 Å². The SMILES string of the molecule is CCCc1nc2ccc(Br)cc2c(=O)n1N=Cc1ccc(OCc2ccccc2)cc1. The first kappa shape index (κ1) is 21.0. The fourth-order valence-electron chi connectivity index (χ4n) is 3.21. The van der Waals surface area contributed by atoms with Crippen LogP contribution in [0.1, 0.15) is 30.3 Å². The third-order valence-electron chi connectivity index (χ3n) is 4.80. The molecule has 0 amide bonds. The molecular weight excluding hydrogens is 454 g/mol. The number of ether oxygens (including phenoxy) is 1. The predicted octanol–water partition coefficient (Wildman–Crippen LogP) is 5.57. The van der Waals surface area contributed by atoms with E-state index in [1.807, 2.05) is 66.7 Å². The van der Waals surface area contributed by atoms with Crippen LogP contribution in [0.2, 0.25) is 0 Å². The van der Waals surface area contributed by atoms with Gasteiger partial charge >= 0.3 is 0 Å². The summed E-state index contributed by atoms with van der Waals surface area (Å²) < 4.78 is 8.06. The zero-order valence-electron chi connectivity index (χ0n) is 17.2. The molecule has 0 bridgehead atoms. The highest BCUT2D eigenvalue weighted by Crippen LogP contribution is 2.17. The highest BCUT2D eigenvalue weighted by molar-refractivity contribution is 9.10. The van der Waals surface area contributed by atoms with Crippen LogP contribution in [0.25, 0.3) is 10.9 Å². The molecule has 0 saturated carbocycles. The normalized spacial score (nSPS) is 11.3. The molecule has 31 heavy (non-hydrogen) atoms. The molecule has 1 aromatic heterocycles. The van der Waals surface area contributed by atoms with Crippen molar-refractivity contribution in [3.05, 3.63) is 105 Å². The minimum atomic E-state index is -0.172. The van der Waals surface area contributed by atoms with Gasteiger partial charge in [0.25, 0.3) is 5.56 Å². The van der Waals surface area contributed by atoms with Gasteiger partial charge in [0.15, 0.2) is 0 Å². The number of rotatable bonds is 7. The van der Waals surface area contributed by atoms with Gasteiger partial charge in [0.1, 0.15) is 18.2 Å². The maximum absolute atomic E-state index is 13.0. The molecule has 0 fully saturated rings. The lowest BCUT2D eigenvalue weighted by Gasteiger charge is -2.09. The number of fused-ring (bicyclic) bond motifs is 1. The van der Waals surface area contributed by atoms with Crippen LogP contribution >= 0.6 is 15.9 Å². The summed E-state index contributed by atoms with van der Waals surface area (Å²) in [7, 11) is 0. The Morgan fingerprint density at radius 3 is 2.58 bits per heavy atom. The monoisotopic (exact) mass is 475 g/mol. The second-order valence-corrected chi connectivity index (χ2v) is 8.06. The number of benzene rings is 3. The van der Waals surface area contributed by atoms with E-state index in [2.05, 4.69) is 32.9 Å². The Morgan fingerprint density at radius 1 is 1.06 bits per heavy atom. The summed E-state index contributed by atoms with van der Waals surface area (Å²) in [6.45, 7) is 2.57. The smallest absolute Gasteiger partial charge is 0.282 e. The van der Waals surface area contributed by atoms with E-state index in [4.69, 9.17) is 4.74 Å². The Bertz CT molecular complexity index is 1270. The predicted molar refractivity (Wildman–Crippen MR) is 128 cm³/mol. The molecule has 156 valence electrons. The summed E-state index contributed by atoms with van der Waals surface area (Å²) in [5, 5.41) is 5.00. The van der Waals surface area contributed by atoms with Crippen molar-refractivity contribution in [2.45, 2.75) is 26.4 Å². The zero-order valence-corrected chi connectivity index (χ0v) is 18.7. The first-order valence-electron chi connectivity index (χ1n) is 10.2. The molecule has 0 spiro atoms. The van der Waals surface area contributed by atoms with E-state index in [-0.39, 0.29) is 5.56 Å². The number of hydrogen-bond acceptors (Lipinski definition) is 4. The second kappa shape index (κ2) is 9.71. The molecule has 6 heteroatoms.